The summed E-state index contributed by atoms with van der Waals surface area (Å²) in [5.74, 6) is -2.08. The van der Waals surface area contributed by atoms with E-state index in [0.717, 1.165) is 31.9 Å². The van der Waals surface area contributed by atoms with Crippen molar-refractivity contribution < 1.29 is 24.0 Å². The number of pyridine rings is 1. The van der Waals surface area contributed by atoms with Gasteiger partial charge < -0.3 is 10.2 Å². The van der Waals surface area contributed by atoms with E-state index in [-0.39, 0.29) is 29.5 Å². The van der Waals surface area contributed by atoms with Crippen molar-refractivity contribution in [2.24, 2.45) is 11.3 Å². The van der Waals surface area contributed by atoms with Crippen molar-refractivity contribution in [3.8, 4) is 0 Å². The summed E-state index contributed by atoms with van der Waals surface area (Å²) in [5, 5.41) is 11.5. The molecule has 1 aliphatic carbocycles. The van der Waals surface area contributed by atoms with Gasteiger partial charge >= 0.3 is 0 Å². The summed E-state index contributed by atoms with van der Waals surface area (Å²) in [4.78, 5) is 43.2. The van der Waals surface area contributed by atoms with Crippen LogP contribution >= 0.6 is 0 Å². The number of nitrogens with one attached hydrogen (secondary N) is 2. The topological polar surface area (TPSA) is 112 Å². The molecule has 1 aromatic heterocycles. The van der Waals surface area contributed by atoms with Gasteiger partial charge in [0.05, 0.1) is 6.20 Å². The number of aromatic nitrogens is 1. The van der Waals surface area contributed by atoms with Crippen molar-refractivity contribution in [3.05, 3.63) is 24.1 Å². The van der Waals surface area contributed by atoms with Crippen molar-refractivity contribution in [2.75, 3.05) is 11.9 Å². The number of unbranched alkanes of at least 4 members (excludes halogenated alkanes) is 1. The number of hydroxylamine groups is 1. The highest BCUT2D eigenvalue weighted by Gasteiger charge is 2.55. The van der Waals surface area contributed by atoms with Crippen LogP contribution in [0, 0.1) is 17.2 Å². The first-order valence-electron chi connectivity index (χ1n) is 11.0. The third-order valence-electron chi connectivity index (χ3n) is 5.84. The molecule has 2 aliphatic rings. The van der Waals surface area contributed by atoms with E-state index in [1.807, 2.05) is 20.8 Å². The van der Waals surface area contributed by atoms with Crippen molar-refractivity contribution in [1.82, 2.24) is 15.4 Å². The highest BCUT2D eigenvalue weighted by atomic mass is 19.1. The molecule has 3 amide bonds. The normalized spacial score (nSPS) is 19.3. The Morgan fingerprint density at radius 2 is 2.03 bits per heavy atom. The highest BCUT2D eigenvalue weighted by Crippen LogP contribution is 2.55. The molecule has 1 saturated heterocycles. The number of carbonyl (C=O) groups excluding carboxylic acids is 3. The first kappa shape index (κ1) is 24.7. The molecule has 0 aromatic carbocycles. The van der Waals surface area contributed by atoms with E-state index in [2.05, 4.69) is 10.3 Å². The number of anilines is 1. The number of likely N-dealkylation sites (tertiary alicyclic amines) is 1. The summed E-state index contributed by atoms with van der Waals surface area (Å²) in [6.07, 6.45) is 5.55. The molecule has 172 valence electrons. The van der Waals surface area contributed by atoms with Crippen LogP contribution in [0.25, 0.3) is 0 Å². The molecule has 3 rings (SSSR count). The summed E-state index contributed by atoms with van der Waals surface area (Å²) >= 11 is 0. The van der Waals surface area contributed by atoms with Gasteiger partial charge in [0, 0.05) is 18.9 Å². The molecular formula is C22H33FN4O4. The third kappa shape index (κ3) is 6.46. The van der Waals surface area contributed by atoms with Gasteiger partial charge in [0.15, 0.2) is 0 Å². The lowest BCUT2D eigenvalue weighted by atomic mass is 9.96. The van der Waals surface area contributed by atoms with Crippen molar-refractivity contribution >= 4 is 23.5 Å². The van der Waals surface area contributed by atoms with Crippen LogP contribution in [-0.4, -0.2) is 45.4 Å². The lowest BCUT2D eigenvalue weighted by Crippen LogP contribution is -2.46. The number of rotatable bonds is 8. The molecular weight excluding hydrogens is 403 g/mol. The molecule has 9 heteroatoms. The summed E-state index contributed by atoms with van der Waals surface area (Å²) < 4.78 is 13.0. The Morgan fingerprint density at radius 3 is 2.58 bits per heavy atom. The summed E-state index contributed by atoms with van der Waals surface area (Å²) in [5.41, 5.74) is 1.56. The average molecular weight is 437 g/mol. The van der Waals surface area contributed by atoms with E-state index in [9.17, 15) is 18.8 Å². The van der Waals surface area contributed by atoms with E-state index in [0.29, 0.717) is 19.4 Å². The first-order valence-corrected chi connectivity index (χ1v) is 11.0. The molecule has 0 bridgehead atoms. The van der Waals surface area contributed by atoms with Crippen LogP contribution in [0.4, 0.5) is 10.2 Å². The van der Waals surface area contributed by atoms with Gasteiger partial charge in [-0.25, -0.2) is 14.9 Å². The summed E-state index contributed by atoms with van der Waals surface area (Å²) in [7, 11) is 0. The summed E-state index contributed by atoms with van der Waals surface area (Å²) in [6.45, 7) is 6.48. The molecule has 1 spiro atoms. The van der Waals surface area contributed by atoms with Gasteiger partial charge in [-0.3, -0.25) is 19.6 Å². The Hall–Kier alpha value is -2.55. The Bertz CT molecular complexity index is 767. The zero-order valence-corrected chi connectivity index (χ0v) is 18.5. The smallest absolute Gasteiger partial charge is 0.248 e. The van der Waals surface area contributed by atoms with E-state index in [4.69, 9.17) is 5.21 Å². The fourth-order valence-corrected chi connectivity index (χ4v) is 3.99. The third-order valence-corrected chi connectivity index (χ3v) is 5.84. The molecule has 2 atom stereocenters. The van der Waals surface area contributed by atoms with Crippen molar-refractivity contribution in [3.63, 3.8) is 0 Å². The highest BCUT2D eigenvalue weighted by molar-refractivity contribution is 5.98. The molecule has 2 fully saturated rings. The van der Waals surface area contributed by atoms with E-state index in [1.165, 1.54) is 12.1 Å². The number of carbonyl (C=O) groups is 3. The van der Waals surface area contributed by atoms with Gasteiger partial charge in [0.1, 0.15) is 17.7 Å². The Morgan fingerprint density at radius 1 is 1.32 bits per heavy atom. The maximum Gasteiger partial charge on any atom is 0.248 e. The fourth-order valence-electron chi connectivity index (χ4n) is 3.99. The van der Waals surface area contributed by atoms with Gasteiger partial charge in [0.25, 0.3) is 0 Å². The average Bonchev–Trinajstić information content (AvgIpc) is 3.43. The number of hydrogen-bond acceptors (Lipinski definition) is 5. The lowest BCUT2D eigenvalue weighted by molar-refractivity contribution is -0.143. The number of halogens is 1. The number of nitrogens with zero attached hydrogens (tertiary/aromatic N) is 2. The molecule has 3 N–H and O–H groups in total. The zero-order valence-electron chi connectivity index (χ0n) is 18.5. The van der Waals surface area contributed by atoms with Gasteiger partial charge in [0.2, 0.25) is 17.7 Å². The Balaban J connectivity index is 0.00000166. The fraction of sp³-hybridized carbons (Fsp3) is 0.636. The minimum absolute atomic E-state index is 0.0254. The molecule has 1 saturated carbocycles. The first-order chi connectivity index (χ1) is 14.9. The van der Waals surface area contributed by atoms with Gasteiger partial charge in [-0.1, -0.05) is 33.6 Å². The largest absolute Gasteiger partial charge is 0.330 e. The maximum atomic E-state index is 13.2. The van der Waals surface area contributed by atoms with Gasteiger partial charge in [-0.05, 0) is 43.2 Å². The van der Waals surface area contributed by atoms with Crippen LogP contribution in [0.3, 0.4) is 0 Å². The van der Waals surface area contributed by atoms with E-state index < -0.39 is 23.7 Å². The Labute approximate surface area is 182 Å². The number of amides is 3. The molecule has 0 radical (unpaired) electrons. The van der Waals surface area contributed by atoms with Crippen LogP contribution in [0.15, 0.2) is 18.3 Å². The molecule has 8 nitrogen and oxygen atoms in total. The van der Waals surface area contributed by atoms with Crippen LogP contribution in [-0.2, 0) is 14.4 Å². The second kappa shape index (κ2) is 11.2. The minimum atomic E-state index is -0.654. The van der Waals surface area contributed by atoms with E-state index >= 15 is 0 Å². The molecule has 1 aliphatic heterocycles. The second-order valence-corrected chi connectivity index (χ2v) is 8.12. The van der Waals surface area contributed by atoms with Gasteiger partial charge in [-0.2, -0.15) is 0 Å². The molecule has 2 heterocycles. The van der Waals surface area contributed by atoms with Crippen molar-refractivity contribution in [2.45, 2.75) is 71.8 Å². The minimum Gasteiger partial charge on any atom is -0.330 e. The maximum absolute atomic E-state index is 13.2. The van der Waals surface area contributed by atoms with E-state index in [1.54, 1.807) is 10.4 Å². The van der Waals surface area contributed by atoms with Crippen LogP contribution in [0.2, 0.25) is 0 Å². The van der Waals surface area contributed by atoms with Gasteiger partial charge in [-0.15, -0.1) is 0 Å². The standard InChI is InChI=1S/C20H27FN4O4.C2H6/c1-2-3-4-13(9-17(26)24-29)19(28)25-12-20(7-8-20)10-15(25)18(27)23-16-6-5-14(21)11-22-16;1-2/h5-6,11,13,15,29H,2-4,7-10,12H2,1H3,(H,24,26)(H,22,23,27);1-2H3. The lowest BCUT2D eigenvalue weighted by Gasteiger charge is -2.28. The predicted octanol–water partition coefficient (Wildman–Crippen LogP) is 3.27. The van der Waals surface area contributed by atoms with Crippen LogP contribution < -0.4 is 10.8 Å². The molecule has 2 unspecified atom stereocenters. The zero-order chi connectivity index (χ0) is 23.0. The SMILES string of the molecule is CC.CCCCC(CC(=O)NO)C(=O)N1CC2(CC2)CC1C(=O)Nc1ccc(F)cn1. The summed E-state index contributed by atoms with van der Waals surface area (Å²) in [6, 6.07) is 1.92. The Kier molecular flexibility index (Phi) is 8.91. The molecule has 31 heavy (non-hydrogen) atoms. The van der Waals surface area contributed by atoms with Crippen LogP contribution in [0.5, 0.6) is 0 Å². The quantitative estimate of drug-likeness (QED) is 0.428. The predicted molar refractivity (Wildman–Crippen MR) is 114 cm³/mol. The second-order valence-electron chi connectivity index (χ2n) is 8.12. The number of hydrogen-bond donors (Lipinski definition) is 3. The van der Waals surface area contributed by atoms with Crippen molar-refractivity contribution in [1.29, 1.82) is 0 Å². The molecule has 1 aromatic rings. The monoisotopic (exact) mass is 436 g/mol. The van der Waals surface area contributed by atoms with Crippen LogP contribution in [0.1, 0.15) is 65.7 Å².